The van der Waals surface area contributed by atoms with Crippen molar-refractivity contribution in [2.75, 3.05) is 13.2 Å². The van der Waals surface area contributed by atoms with Gasteiger partial charge in [0.05, 0.1) is 24.3 Å². The summed E-state index contributed by atoms with van der Waals surface area (Å²) in [4.78, 5) is 22.8. The maximum atomic E-state index is 11.6. The lowest BCUT2D eigenvalue weighted by atomic mass is 9.81. The maximum absolute atomic E-state index is 11.6. The van der Waals surface area contributed by atoms with Gasteiger partial charge in [-0.15, -0.1) is 0 Å². The number of esters is 2. The van der Waals surface area contributed by atoms with Gasteiger partial charge in [-0.05, 0) is 60.8 Å². The molecule has 0 spiro atoms. The van der Waals surface area contributed by atoms with Gasteiger partial charge in [-0.3, -0.25) is 0 Å². The molecule has 0 bridgehead atoms. The summed E-state index contributed by atoms with van der Waals surface area (Å²) in [5.41, 5.74) is 3.81. The van der Waals surface area contributed by atoms with Crippen molar-refractivity contribution in [1.82, 2.24) is 0 Å². The Kier molecular flexibility index (Phi) is 13.6. The predicted octanol–water partition coefficient (Wildman–Crippen LogP) is 5.52. The van der Waals surface area contributed by atoms with Crippen LogP contribution >= 0.6 is 15.9 Å². The fraction of sp³-hybridized carbons (Fsp3) is 0.133. The Morgan fingerprint density at radius 3 is 1.61 bits per heavy atom. The molecule has 0 aliphatic carbocycles. The molecule has 8 heteroatoms. The van der Waals surface area contributed by atoms with Crippen LogP contribution in [0.1, 0.15) is 34.6 Å². The number of halogens is 1. The Morgan fingerprint density at radius 2 is 1.13 bits per heavy atom. The van der Waals surface area contributed by atoms with Gasteiger partial charge in [-0.2, -0.15) is 0 Å². The normalized spacial score (nSPS) is 9.61. The number of rotatable bonds is 6. The van der Waals surface area contributed by atoms with Crippen LogP contribution in [0, 0.1) is 0 Å². The van der Waals surface area contributed by atoms with Crippen LogP contribution in [0.3, 0.4) is 0 Å². The zero-order valence-corrected chi connectivity index (χ0v) is 22.9. The molecular formula is C30H30BBrO6. The first-order chi connectivity index (χ1) is 18.3. The van der Waals surface area contributed by atoms with Crippen LogP contribution in [-0.4, -0.2) is 42.3 Å². The monoisotopic (exact) mass is 576 g/mol. The summed E-state index contributed by atoms with van der Waals surface area (Å²) in [5, 5.41) is 17.2. The SMILES string of the molecule is CCOC(=O)c1cccc(-c2ccccc2)c1.CCOC(=O)c1cccc(Br)c1.OB(O)c1ccccc1. The summed E-state index contributed by atoms with van der Waals surface area (Å²) in [5.74, 6) is -0.552. The second kappa shape index (κ2) is 16.9. The number of carbonyl (C=O) groups excluding carboxylic acids is 2. The fourth-order valence-corrected chi connectivity index (χ4v) is 3.53. The predicted molar refractivity (Wildman–Crippen MR) is 154 cm³/mol. The first kappa shape index (κ1) is 30.5. The Morgan fingerprint density at radius 1 is 0.658 bits per heavy atom. The van der Waals surface area contributed by atoms with E-state index in [-0.39, 0.29) is 11.9 Å². The van der Waals surface area contributed by atoms with E-state index >= 15 is 0 Å². The average Bonchev–Trinajstić information content (AvgIpc) is 2.95. The van der Waals surface area contributed by atoms with E-state index in [0.29, 0.717) is 29.8 Å². The van der Waals surface area contributed by atoms with Crippen molar-refractivity contribution in [2.24, 2.45) is 0 Å². The molecule has 0 aliphatic rings. The van der Waals surface area contributed by atoms with Crippen molar-refractivity contribution in [2.45, 2.75) is 13.8 Å². The first-order valence-electron chi connectivity index (χ1n) is 12.0. The lowest BCUT2D eigenvalue weighted by molar-refractivity contribution is 0.0516. The largest absolute Gasteiger partial charge is 0.488 e. The summed E-state index contributed by atoms with van der Waals surface area (Å²) < 4.78 is 10.7. The van der Waals surface area contributed by atoms with Crippen molar-refractivity contribution < 1.29 is 29.1 Å². The molecule has 0 amide bonds. The van der Waals surface area contributed by atoms with Crippen LogP contribution in [0.5, 0.6) is 0 Å². The second-order valence-corrected chi connectivity index (χ2v) is 8.60. The van der Waals surface area contributed by atoms with E-state index in [4.69, 9.17) is 19.5 Å². The molecule has 0 heterocycles. The Hall–Kier alpha value is -3.72. The highest BCUT2D eigenvalue weighted by atomic mass is 79.9. The van der Waals surface area contributed by atoms with Crippen molar-refractivity contribution in [3.8, 4) is 11.1 Å². The quantitative estimate of drug-likeness (QED) is 0.232. The fourth-order valence-electron chi connectivity index (χ4n) is 3.13. The minimum absolute atomic E-state index is 0.273. The van der Waals surface area contributed by atoms with E-state index in [1.54, 1.807) is 62.4 Å². The third-order valence-corrected chi connectivity index (χ3v) is 5.41. The lowest BCUT2D eigenvalue weighted by Gasteiger charge is -2.05. The van der Waals surface area contributed by atoms with Gasteiger partial charge in [0.2, 0.25) is 0 Å². The number of ether oxygens (including phenoxy) is 2. The number of hydrogen-bond donors (Lipinski definition) is 2. The molecule has 0 fully saturated rings. The van der Waals surface area contributed by atoms with Gasteiger partial charge in [0.15, 0.2) is 0 Å². The van der Waals surface area contributed by atoms with E-state index in [2.05, 4.69) is 15.9 Å². The van der Waals surface area contributed by atoms with Crippen LogP contribution in [0.4, 0.5) is 0 Å². The summed E-state index contributed by atoms with van der Waals surface area (Å²) in [7, 11) is -1.34. The van der Waals surface area contributed by atoms with E-state index in [1.807, 2.05) is 60.7 Å². The third-order valence-electron chi connectivity index (χ3n) is 4.91. The molecule has 0 saturated carbocycles. The summed E-state index contributed by atoms with van der Waals surface area (Å²) in [6.45, 7) is 4.40. The van der Waals surface area contributed by atoms with E-state index in [1.165, 1.54) is 0 Å². The minimum Gasteiger partial charge on any atom is -0.462 e. The van der Waals surface area contributed by atoms with Crippen LogP contribution in [0.25, 0.3) is 11.1 Å². The van der Waals surface area contributed by atoms with Crippen LogP contribution in [-0.2, 0) is 9.47 Å². The first-order valence-corrected chi connectivity index (χ1v) is 12.8. The highest BCUT2D eigenvalue weighted by Gasteiger charge is 2.08. The lowest BCUT2D eigenvalue weighted by Crippen LogP contribution is -2.29. The second-order valence-electron chi connectivity index (χ2n) is 7.68. The maximum Gasteiger partial charge on any atom is 0.488 e. The van der Waals surface area contributed by atoms with Crippen molar-refractivity contribution in [1.29, 1.82) is 0 Å². The average molecular weight is 577 g/mol. The zero-order chi connectivity index (χ0) is 27.8. The standard InChI is InChI=1S/C15H14O2.C9H9BrO2.C6H7BO2/c1-2-17-15(16)14-10-6-9-13(11-14)12-7-4-3-5-8-12;1-2-12-9(11)7-4-3-5-8(10)6-7;8-7(9)6-4-2-1-3-5-6/h3-11H,2H2,1H3;3-6H,2H2,1H3;1-5,8-9H. The molecule has 196 valence electrons. The molecule has 0 radical (unpaired) electrons. The number of benzene rings is 4. The summed E-state index contributed by atoms with van der Waals surface area (Å²) in [6.07, 6.45) is 0. The molecule has 2 N–H and O–H groups in total. The highest BCUT2D eigenvalue weighted by molar-refractivity contribution is 9.10. The summed E-state index contributed by atoms with van der Waals surface area (Å²) >= 11 is 3.27. The van der Waals surface area contributed by atoms with E-state index in [9.17, 15) is 9.59 Å². The van der Waals surface area contributed by atoms with Crippen LogP contribution < -0.4 is 5.46 Å². The molecule has 4 rings (SSSR count). The number of carbonyl (C=O) groups is 2. The van der Waals surface area contributed by atoms with Gasteiger partial charge in [0.25, 0.3) is 0 Å². The Balaban J connectivity index is 0.000000212. The van der Waals surface area contributed by atoms with Crippen molar-refractivity contribution >= 4 is 40.4 Å². The molecule has 6 nitrogen and oxygen atoms in total. The molecule has 0 unspecified atom stereocenters. The van der Waals surface area contributed by atoms with Crippen LogP contribution in [0.15, 0.2) is 114 Å². The van der Waals surface area contributed by atoms with Gasteiger partial charge in [0, 0.05) is 4.47 Å². The molecule has 38 heavy (non-hydrogen) atoms. The molecule has 4 aromatic rings. The van der Waals surface area contributed by atoms with Crippen molar-refractivity contribution in [3.05, 3.63) is 125 Å². The van der Waals surface area contributed by atoms with Crippen LogP contribution in [0.2, 0.25) is 0 Å². The highest BCUT2D eigenvalue weighted by Crippen LogP contribution is 2.20. The van der Waals surface area contributed by atoms with E-state index in [0.717, 1.165) is 15.6 Å². The molecule has 0 aromatic heterocycles. The molecule has 4 aromatic carbocycles. The topological polar surface area (TPSA) is 93.1 Å². The number of hydrogen-bond acceptors (Lipinski definition) is 6. The molecule has 0 aliphatic heterocycles. The van der Waals surface area contributed by atoms with Gasteiger partial charge in [-0.25, -0.2) is 9.59 Å². The molecule has 0 atom stereocenters. The van der Waals surface area contributed by atoms with Gasteiger partial charge < -0.3 is 19.5 Å². The Bertz CT molecular complexity index is 1270. The zero-order valence-electron chi connectivity index (χ0n) is 21.3. The van der Waals surface area contributed by atoms with Crippen molar-refractivity contribution in [3.63, 3.8) is 0 Å². The third kappa shape index (κ3) is 10.7. The Labute approximate surface area is 232 Å². The molecule has 0 saturated heterocycles. The van der Waals surface area contributed by atoms with E-state index < -0.39 is 7.12 Å². The summed E-state index contributed by atoms with van der Waals surface area (Å²) in [6, 6.07) is 33.2. The van der Waals surface area contributed by atoms with Gasteiger partial charge in [-0.1, -0.05) is 94.8 Å². The minimum atomic E-state index is -1.34. The van der Waals surface area contributed by atoms with Gasteiger partial charge in [0.1, 0.15) is 0 Å². The smallest absolute Gasteiger partial charge is 0.462 e. The van der Waals surface area contributed by atoms with Gasteiger partial charge >= 0.3 is 19.1 Å². The molecular weight excluding hydrogens is 547 g/mol.